The molecule has 1 aromatic carbocycles. The van der Waals surface area contributed by atoms with Crippen molar-refractivity contribution in [2.75, 3.05) is 18.9 Å². The molecule has 206 valence electrons. The van der Waals surface area contributed by atoms with E-state index in [4.69, 9.17) is 24.5 Å². The number of hydrogen-bond acceptors (Lipinski definition) is 12. The molecule has 5 N–H and O–H groups in total. The molecule has 0 aliphatic carbocycles. The topological polar surface area (TPSA) is 204 Å². The van der Waals surface area contributed by atoms with E-state index < -0.39 is 43.6 Å². The Kier molecular flexibility index (Phi) is 8.01. The number of aliphatic hydroxyl groups is 2. The lowest BCUT2D eigenvalue weighted by molar-refractivity contribution is -0.148. The Bertz CT molecular complexity index is 1430. The Morgan fingerprint density at radius 3 is 2.79 bits per heavy atom. The summed E-state index contributed by atoms with van der Waals surface area (Å²) in [4.78, 5) is 15.9. The highest BCUT2D eigenvalue weighted by Gasteiger charge is 2.57. The molecule has 4 rings (SSSR count). The summed E-state index contributed by atoms with van der Waals surface area (Å²) in [6, 6.07) is 11.2. The number of fused-ring (bicyclic) bond motifs is 1. The number of benzene rings is 1. The Morgan fingerprint density at radius 2 is 2.08 bits per heavy atom. The lowest BCUT2D eigenvalue weighted by Crippen LogP contribution is -2.44. The molecular weight excluding hydrogens is 531 g/mol. The molecule has 1 fully saturated rings. The number of nitrogens with zero attached hydrogens (tertiary/aromatic N) is 4. The quantitative estimate of drug-likeness (QED) is 0.204. The third kappa shape index (κ3) is 5.49. The minimum atomic E-state index is -2.50. The number of nitrogens with two attached hydrogens (primary N) is 1. The molecule has 0 amide bonds. The van der Waals surface area contributed by atoms with E-state index >= 15 is 0 Å². The number of rotatable bonds is 10. The van der Waals surface area contributed by atoms with Crippen molar-refractivity contribution in [3.05, 3.63) is 48.4 Å². The number of carbonyl (C=O) groups excluding carboxylic acids is 1. The Morgan fingerprint density at radius 1 is 1.33 bits per heavy atom. The molecule has 1 aliphatic heterocycles. The summed E-state index contributed by atoms with van der Waals surface area (Å²) < 4.78 is 35.8. The minimum Gasteiger partial charge on any atom is -0.491 e. The predicted octanol–water partition coefficient (Wildman–Crippen LogP) is 1.20. The zero-order chi connectivity index (χ0) is 28.4. The van der Waals surface area contributed by atoms with Crippen LogP contribution in [0.25, 0.3) is 5.52 Å². The van der Waals surface area contributed by atoms with Crippen molar-refractivity contribution >= 4 is 25.5 Å². The zero-order valence-corrected chi connectivity index (χ0v) is 22.2. The van der Waals surface area contributed by atoms with Gasteiger partial charge in [-0.05, 0) is 45.0 Å². The van der Waals surface area contributed by atoms with Crippen LogP contribution < -0.4 is 20.1 Å². The van der Waals surface area contributed by atoms with E-state index in [9.17, 15) is 24.8 Å². The lowest BCUT2D eigenvalue weighted by Gasteiger charge is -2.24. The third-order valence-electron chi connectivity index (χ3n) is 6.05. The highest BCUT2D eigenvalue weighted by atomic mass is 31.1. The van der Waals surface area contributed by atoms with Gasteiger partial charge < -0.3 is 30.2 Å². The molecule has 0 bridgehead atoms. The van der Waals surface area contributed by atoms with Crippen LogP contribution >= 0.6 is 8.18 Å². The van der Waals surface area contributed by atoms with Crippen LogP contribution in [0.2, 0.25) is 0 Å². The molecule has 2 aromatic heterocycles. The first-order valence-corrected chi connectivity index (χ1v) is 13.1. The molecule has 3 aromatic rings. The second kappa shape index (κ2) is 11.1. The number of carbonyl (C=O) groups is 1. The van der Waals surface area contributed by atoms with Crippen LogP contribution in [0.4, 0.5) is 5.82 Å². The van der Waals surface area contributed by atoms with Gasteiger partial charge in [-0.1, -0.05) is 11.2 Å². The molecule has 1 unspecified atom stereocenters. The summed E-state index contributed by atoms with van der Waals surface area (Å²) in [5.74, 6) is 0.0376. The van der Waals surface area contributed by atoms with Gasteiger partial charge in [-0.2, -0.15) is 10.4 Å². The zero-order valence-electron chi connectivity index (χ0n) is 21.3. The van der Waals surface area contributed by atoms with E-state index in [1.165, 1.54) is 42.9 Å². The van der Waals surface area contributed by atoms with Gasteiger partial charge in [-0.15, -0.1) is 0 Å². The summed E-state index contributed by atoms with van der Waals surface area (Å²) in [6.07, 6.45) is -3.00. The molecule has 39 heavy (non-hydrogen) atoms. The maximum absolute atomic E-state index is 12.5. The minimum absolute atomic E-state index is 0.167. The Labute approximate surface area is 224 Å². The van der Waals surface area contributed by atoms with Gasteiger partial charge in [0.1, 0.15) is 48.6 Å². The lowest BCUT2D eigenvalue weighted by atomic mass is 9.92. The molecular formula is C24H28N6O8P+. The van der Waals surface area contributed by atoms with E-state index in [-0.39, 0.29) is 36.2 Å². The van der Waals surface area contributed by atoms with Crippen LogP contribution in [0.1, 0.15) is 26.5 Å². The highest BCUT2D eigenvalue weighted by Crippen LogP contribution is 2.40. The number of aromatic nitrogens is 3. The Hall–Kier alpha value is -3.86. The number of nitrogens with one attached hydrogen (secondary N) is 1. The van der Waals surface area contributed by atoms with Crippen molar-refractivity contribution in [1.82, 2.24) is 19.7 Å². The molecule has 15 heteroatoms. The summed E-state index contributed by atoms with van der Waals surface area (Å²) in [6.45, 7) is 4.63. The van der Waals surface area contributed by atoms with E-state index in [2.05, 4.69) is 15.2 Å². The molecule has 1 aliphatic rings. The monoisotopic (exact) mass is 559 g/mol. The summed E-state index contributed by atoms with van der Waals surface area (Å²) in [5, 5.41) is 38.3. The van der Waals surface area contributed by atoms with Crippen LogP contribution in [0.3, 0.4) is 0 Å². The Balaban J connectivity index is 1.44. The van der Waals surface area contributed by atoms with Crippen LogP contribution in [0.15, 0.2) is 42.7 Å². The first-order chi connectivity index (χ1) is 18.5. The van der Waals surface area contributed by atoms with Gasteiger partial charge in [0.25, 0.3) is 0 Å². The summed E-state index contributed by atoms with van der Waals surface area (Å²) in [7, 11) is -2.50. The summed E-state index contributed by atoms with van der Waals surface area (Å²) >= 11 is 0. The maximum Gasteiger partial charge on any atom is 0.664 e. The van der Waals surface area contributed by atoms with Gasteiger partial charge in [0.15, 0.2) is 17.1 Å². The number of anilines is 1. The van der Waals surface area contributed by atoms with Crippen LogP contribution in [0.5, 0.6) is 11.5 Å². The largest absolute Gasteiger partial charge is 0.664 e. The predicted molar refractivity (Wildman–Crippen MR) is 136 cm³/mol. The van der Waals surface area contributed by atoms with Gasteiger partial charge in [0.2, 0.25) is 5.60 Å². The SMILES string of the molecule is CCOC(=O)C(C)(C)N[P+](=O)Oc1cccc(OC[C@H]2O[C@@](C#N)(c3ccc4c(N)ncnn34)[C@H](O)[C@@H]2O)c1. The number of hydrogen-bond donors (Lipinski definition) is 4. The number of nitrogen functional groups attached to an aromatic ring is 1. The molecule has 14 nitrogen and oxygen atoms in total. The van der Waals surface area contributed by atoms with E-state index in [0.717, 1.165) is 0 Å². The second-order valence-corrected chi connectivity index (χ2v) is 10.1. The van der Waals surface area contributed by atoms with E-state index in [1.807, 2.05) is 6.07 Å². The smallest absolute Gasteiger partial charge is 0.491 e. The van der Waals surface area contributed by atoms with E-state index in [0.29, 0.717) is 5.52 Å². The van der Waals surface area contributed by atoms with Crippen LogP contribution in [-0.4, -0.2) is 67.8 Å². The molecule has 0 radical (unpaired) electrons. The number of ether oxygens (including phenoxy) is 3. The standard InChI is InChI=1S/C24H28N6O8P/c1-4-35-22(33)23(2,3)29-39(34)38-15-7-5-6-14(10-15)36-11-17-19(31)20(32)24(12-25,37-17)18-9-8-16-21(26)27-13-28-30(16)18/h5-10,13,17,19-20,31-32H,4,11H2,1-3H3,(H,29,34)(H2,26,27,28)/q+1/t17-,19-,20-,24+/m1/s1. The van der Waals surface area contributed by atoms with Crippen LogP contribution in [0, 0.1) is 11.3 Å². The highest BCUT2D eigenvalue weighted by molar-refractivity contribution is 7.37. The maximum atomic E-state index is 12.5. The molecule has 1 saturated heterocycles. The molecule has 5 atom stereocenters. The fourth-order valence-electron chi connectivity index (χ4n) is 4.05. The third-order valence-corrected chi connectivity index (χ3v) is 7.17. The van der Waals surface area contributed by atoms with Crippen molar-refractivity contribution in [1.29, 1.82) is 5.26 Å². The number of aliphatic hydroxyl groups excluding tert-OH is 2. The van der Waals surface area contributed by atoms with Crippen molar-refractivity contribution in [2.45, 2.75) is 50.2 Å². The van der Waals surface area contributed by atoms with E-state index in [1.54, 1.807) is 25.1 Å². The van der Waals surface area contributed by atoms with Gasteiger partial charge in [-0.25, -0.2) is 18.8 Å². The van der Waals surface area contributed by atoms with Gasteiger partial charge in [-0.3, -0.25) is 0 Å². The van der Waals surface area contributed by atoms with Crippen molar-refractivity contribution in [3.63, 3.8) is 0 Å². The molecule has 3 heterocycles. The molecule has 0 spiro atoms. The average molecular weight is 559 g/mol. The second-order valence-electron chi connectivity index (χ2n) is 9.19. The summed E-state index contributed by atoms with van der Waals surface area (Å²) in [5.41, 5.74) is 3.24. The van der Waals surface area contributed by atoms with Crippen LogP contribution in [-0.2, 0) is 24.4 Å². The first kappa shape index (κ1) is 28.2. The van der Waals surface area contributed by atoms with Crippen molar-refractivity contribution in [2.24, 2.45) is 0 Å². The fourth-order valence-corrected chi connectivity index (χ4v) is 4.95. The van der Waals surface area contributed by atoms with Gasteiger partial charge >= 0.3 is 14.1 Å². The van der Waals surface area contributed by atoms with Crippen molar-refractivity contribution < 1.29 is 38.3 Å². The number of esters is 1. The van der Waals surface area contributed by atoms with Crippen molar-refractivity contribution in [3.8, 4) is 17.6 Å². The van der Waals surface area contributed by atoms with Gasteiger partial charge in [0.05, 0.1) is 12.3 Å². The average Bonchev–Trinajstić information content (AvgIpc) is 3.44. The molecule has 0 saturated carbocycles. The first-order valence-electron chi connectivity index (χ1n) is 11.9. The van der Waals surface area contributed by atoms with Gasteiger partial charge in [0, 0.05) is 10.6 Å². The normalized spacial score (nSPS) is 23.3. The fraction of sp³-hybridized carbons (Fsp3) is 0.417. The number of nitriles is 1.